The molecule has 2 aromatic rings. The molecule has 8 heteroatoms. The maximum Gasteiger partial charge on any atom is 0.263 e. The fraction of sp³-hybridized carbons (Fsp3) is 0. The van der Waals surface area contributed by atoms with Crippen LogP contribution in [0, 0.1) is 0 Å². The molecule has 0 saturated heterocycles. The molecular formula is C11H7Cl3N2O2S. The monoisotopic (exact) mass is 336 g/mol. The number of halogens is 3. The van der Waals surface area contributed by atoms with E-state index >= 15 is 0 Å². The van der Waals surface area contributed by atoms with Crippen molar-refractivity contribution in [2.24, 2.45) is 0 Å². The van der Waals surface area contributed by atoms with E-state index in [4.69, 9.17) is 34.8 Å². The number of rotatable bonds is 3. The van der Waals surface area contributed by atoms with Crippen molar-refractivity contribution in [2.45, 2.75) is 4.90 Å². The normalized spacial score (nSPS) is 11.3. The van der Waals surface area contributed by atoms with Gasteiger partial charge in [0.05, 0.1) is 20.8 Å². The summed E-state index contributed by atoms with van der Waals surface area (Å²) in [7, 11) is -3.87. The van der Waals surface area contributed by atoms with Crippen LogP contribution < -0.4 is 4.72 Å². The van der Waals surface area contributed by atoms with Crippen molar-refractivity contribution in [3.05, 3.63) is 51.7 Å². The van der Waals surface area contributed by atoms with Crippen LogP contribution in [0.4, 0.5) is 5.69 Å². The van der Waals surface area contributed by atoms with Gasteiger partial charge in [0, 0.05) is 12.4 Å². The number of benzene rings is 1. The highest BCUT2D eigenvalue weighted by Crippen LogP contribution is 2.31. The Labute approximate surface area is 125 Å². The van der Waals surface area contributed by atoms with Gasteiger partial charge in [-0.25, -0.2) is 8.42 Å². The van der Waals surface area contributed by atoms with Gasteiger partial charge in [0.25, 0.3) is 10.0 Å². The van der Waals surface area contributed by atoms with Gasteiger partial charge in [-0.3, -0.25) is 9.71 Å². The summed E-state index contributed by atoms with van der Waals surface area (Å²) in [5.74, 6) is 0. The number of hydrogen-bond donors (Lipinski definition) is 1. The Bertz CT molecular complexity index is 720. The highest BCUT2D eigenvalue weighted by Gasteiger charge is 2.20. The lowest BCUT2D eigenvalue weighted by Crippen LogP contribution is -2.13. The Hall–Kier alpha value is -1.01. The van der Waals surface area contributed by atoms with Crippen LogP contribution in [0.1, 0.15) is 0 Å². The first-order valence-electron chi connectivity index (χ1n) is 4.98. The molecule has 0 bridgehead atoms. The zero-order valence-electron chi connectivity index (χ0n) is 9.27. The number of sulfonamides is 1. The average Bonchev–Trinajstić information content (AvgIpc) is 2.35. The molecule has 1 aromatic heterocycles. The van der Waals surface area contributed by atoms with Crippen LogP contribution in [0.3, 0.4) is 0 Å². The van der Waals surface area contributed by atoms with E-state index in [2.05, 4.69) is 9.71 Å². The molecular weight excluding hydrogens is 331 g/mol. The molecule has 0 fully saturated rings. The van der Waals surface area contributed by atoms with Gasteiger partial charge in [-0.2, -0.15) is 0 Å². The van der Waals surface area contributed by atoms with Crippen LogP contribution in [0.25, 0.3) is 0 Å². The number of nitrogens with one attached hydrogen (secondary N) is 1. The third-order valence-corrected chi connectivity index (χ3v) is 4.86. The smallest absolute Gasteiger partial charge is 0.263 e. The minimum absolute atomic E-state index is 0.0400. The number of hydrogen-bond acceptors (Lipinski definition) is 3. The van der Waals surface area contributed by atoms with Crippen LogP contribution in [-0.4, -0.2) is 13.4 Å². The molecule has 0 aliphatic heterocycles. The lowest BCUT2D eigenvalue weighted by atomic mass is 10.4. The van der Waals surface area contributed by atoms with Crippen molar-refractivity contribution in [3.63, 3.8) is 0 Å². The van der Waals surface area contributed by atoms with E-state index in [1.807, 2.05) is 0 Å². The summed E-state index contributed by atoms with van der Waals surface area (Å²) in [6.45, 7) is 0. The lowest BCUT2D eigenvalue weighted by molar-refractivity contribution is 0.601. The van der Waals surface area contributed by atoms with E-state index in [0.717, 1.165) is 0 Å². The van der Waals surface area contributed by atoms with Gasteiger partial charge >= 0.3 is 0 Å². The fourth-order valence-electron chi connectivity index (χ4n) is 1.35. The summed E-state index contributed by atoms with van der Waals surface area (Å²) < 4.78 is 26.7. The summed E-state index contributed by atoms with van der Waals surface area (Å²) in [6, 6.07) is 5.79. The molecule has 1 aromatic carbocycles. The van der Waals surface area contributed by atoms with Crippen LogP contribution in [0.5, 0.6) is 0 Å². The van der Waals surface area contributed by atoms with Gasteiger partial charge in [0.15, 0.2) is 0 Å². The zero-order chi connectivity index (χ0) is 14.0. The molecule has 0 unspecified atom stereocenters. The molecule has 0 spiro atoms. The second-order valence-corrected chi connectivity index (χ2v) is 6.36. The highest BCUT2D eigenvalue weighted by molar-refractivity contribution is 7.92. The molecule has 0 saturated carbocycles. The topological polar surface area (TPSA) is 59.1 Å². The van der Waals surface area contributed by atoms with Crippen molar-refractivity contribution in [1.29, 1.82) is 0 Å². The Morgan fingerprint density at radius 3 is 2.47 bits per heavy atom. The van der Waals surface area contributed by atoms with Gasteiger partial charge in [-0.1, -0.05) is 40.9 Å². The van der Waals surface area contributed by atoms with Crippen LogP contribution in [0.2, 0.25) is 15.1 Å². The van der Waals surface area contributed by atoms with Crippen molar-refractivity contribution >= 4 is 50.5 Å². The lowest BCUT2D eigenvalue weighted by Gasteiger charge is -2.10. The third-order valence-electron chi connectivity index (χ3n) is 2.22. The van der Waals surface area contributed by atoms with Crippen molar-refractivity contribution in [3.8, 4) is 0 Å². The number of aromatic nitrogens is 1. The maximum absolute atomic E-state index is 12.2. The van der Waals surface area contributed by atoms with Crippen LogP contribution in [0.15, 0.2) is 41.6 Å². The van der Waals surface area contributed by atoms with E-state index < -0.39 is 10.0 Å². The highest BCUT2D eigenvalue weighted by atomic mass is 35.5. The van der Waals surface area contributed by atoms with E-state index in [-0.39, 0.29) is 25.7 Å². The Balaban J connectivity index is 2.44. The fourth-order valence-corrected chi connectivity index (χ4v) is 3.41. The van der Waals surface area contributed by atoms with Crippen molar-refractivity contribution in [2.75, 3.05) is 4.72 Å². The predicted molar refractivity (Wildman–Crippen MR) is 76.5 cm³/mol. The minimum atomic E-state index is -3.87. The molecule has 0 aliphatic rings. The molecule has 1 heterocycles. The van der Waals surface area contributed by atoms with Gasteiger partial charge < -0.3 is 0 Å². The molecule has 19 heavy (non-hydrogen) atoms. The predicted octanol–water partition coefficient (Wildman–Crippen LogP) is 3.84. The summed E-state index contributed by atoms with van der Waals surface area (Å²) in [5.41, 5.74) is 0.215. The number of anilines is 1. The van der Waals surface area contributed by atoms with Crippen molar-refractivity contribution < 1.29 is 8.42 Å². The van der Waals surface area contributed by atoms with Gasteiger partial charge in [-0.15, -0.1) is 0 Å². The summed E-state index contributed by atoms with van der Waals surface area (Å²) in [5, 5.41) is 0.302. The van der Waals surface area contributed by atoms with Gasteiger partial charge in [0.2, 0.25) is 0 Å². The third kappa shape index (κ3) is 3.12. The first kappa shape index (κ1) is 14.4. The van der Waals surface area contributed by atoms with Crippen LogP contribution >= 0.6 is 34.8 Å². The van der Waals surface area contributed by atoms with E-state index in [9.17, 15) is 8.42 Å². The van der Waals surface area contributed by atoms with E-state index in [0.29, 0.717) is 0 Å². The Kier molecular flexibility index (Phi) is 4.20. The molecule has 100 valence electrons. The molecule has 4 nitrogen and oxygen atoms in total. The van der Waals surface area contributed by atoms with E-state index in [1.165, 1.54) is 36.7 Å². The molecule has 0 radical (unpaired) electrons. The SMILES string of the molecule is O=S(=O)(Nc1ccncc1Cl)c1cccc(Cl)c1Cl. The van der Waals surface area contributed by atoms with E-state index in [1.54, 1.807) is 0 Å². The van der Waals surface area contributed by atoms with Crippen LogP contribution in [-0.2, 0) is 10.0 Å². The Morgan fingerprint density at radius 2 is 1.79 bits per heavy atom. The molecule has 1 N–H and O–H groups in total. The minimum Gasteiger partial charge on any atom is -0.278 e. The second-order valence-electron chi connectivity index (χ2n) is 3.51. The quantitative estimate of drug-likeness (QED) is 0.925. The maximum atomic E-state index is 12.2. The first-order chi connectivity index (χ1) is 8.92. The zero-order valence-corrected chi connectivity index (χ0v) is 12.4. The summed E-state index contributed by atoms with van der Waals surface area (Å²) in [4.78, 5) is 3.65. The number of nitrogens with zero attached hydrogens (tertiary/aromatic N) is 1. The molecule has 0 aliphatic carbocycles. The first-order valence-corrected chi connectivity index (χ1v) is 7.60. The largest absolute Gasteiger partial charge is 0.278 e. The molecule has 2 rings (SSSR count). The second kappa shape index (κ2) is 5.54. The molecule has 0 atom stereocenters. The summed E-state index contributed by atoms with van der Waals surface area (Å²) >= 11 is 17.5. The summed E-state index contributed by atoms with van der Waals surface area (Å²) in [6.07, 6.45) is 2.75. The van der Waals surface area contributed by atoms with Gasteiger partial charge in [-0.05, 0) is 18.2 Å². The Morgan fingerprint density at radius 1 is 1.05 bits per heavy atom. The van der Waals surface area contributed by atoms with Gasteiger partial charge in [0.1, 0.15) is 4.90 Å². The van der Waals surface area contributed by atoms with Crippen molar-refractivity contribution in [1.82, 2.24) is 4.98 Å². The molecule has 0 amide bonds. The number of pyridine rings is 1. The average molecular weight is 338 g/mol. The standard InChI is InChI=1S/C11H7Cl3N2O2S/c12-7-2-1-3-10(11(7)14)19(17,18)16-9-4-5-15-6-8(9)13/h1-6H,(H,15,16).